The number of hydrogen-bond acceptors (Lipinski definition) is 7. The maximum absolute atomic E-state index is 12.5. The number of aromatic amines is 1. The van der Waals surface area contributed by atoms with Gasteiger partial charge in [0.1, 0.15) is 0 Å². The van der Waals surface area contributed by atoms with E-state index in [0.717, 1.165) is 46.3 Å². The Hall–Kier alpha value is -4.60. The molecule has 1 amide bonds. The molecule has 10 nitrogen and oxygen atoms in total. The second-order valence-electron chi connectivity index (χ2n) is 9.22. The summed E-state index contributed by atoms with van der Waals surface area (Å²) >= 11 is 0. The third-order valence-electron chi connectivity index (χ3n) is 6.39. The molecule has 0 aliphatic carbocycles. The van der Waals surface area contributed by atoms with Gasteiger partial charge in [-0.05, 0) is 54.3 Å². The minimum absolute atomic E-state index is 0.0631. The molecule has 38 heavy (non-hydrogen) atoms. The van der Waals surface area contributed by atoms with Crippen molar-refractivity contribution >= 4 is 16.8 Å². The van der Waals surface area contributed by atoms with Gasteiger partial charge in [-0.2, -0.15) is 0 Å². The minimum atomic E-state index is -0.393. The average molecular weight is 515 g/mol. The smallest absolute Gasteiger partial charge is 0.308 e. The molecule has 0 aliphatic heterocycles. The van der Waals surface area contributed by atoms with E-state index in [1.807, 2.05) is 47.2 Å². The molecule has 0 unspecified atom stereocenters. The Balaban J connectivity index is 1.38. The molecule has 0 radical (unpaired) electrons. The maximum atomic E-state index is 12.5. The van der Waals surface area contributed by atoms with Crippen molar-refractivity contribution in [3.63, 3.8) is 0 Å². The summed E-state index contributed by atoms with van der Waals surface area (Å²) in [6.07, 6.45) is 6.11. The van der Waals surface area contributed by atoms with Crippen LogP contribution in [0.2, 0.25) is 0 Å². The Bertz CT molecular complexity index is 1550. The van der Waals surface area contributed by atoms with Crippen LogP contribution >= 0.6 is 0 Å². The molecule has 0 saturated heterocycles. The summed E-state index contributed by atoms with van der Waals surface area (Å²) < 4.78 is 18.6. The number of fused-ring (bicyclic) bond motifs is 1. The first-order chi connectivity index (χ1) is 18.5. The van der Waals surface area contributed by atoms with E-state index in [0.29, 0.717) is 23.9 Å². The van der Waals surface area contributed by atoms with Crippen LogP contribution in [0.1, 0.15) is 42.4 Å². The summed E-state index contributed by atoms with van der Waals surface area (Å²) in [6, 6.07) is 11.8. The quantitative estimate of drug-likeness (QED) is 0.251. The molecule has 0 fully saturated rings. The molecule has 2 N–H and O–H groups in total. The minimum Gasteiger partial charge on any atom is -0.493 e. The number of imidazole rings is 1. The first-order valence-corrected chi connectivity index (χ1v) is 12.4. The van der Waals surface area contributed by atoms with Crippen LogP contribution in [0.15, 0.2) is 59.5 Å². The molecule has 3 heterocycles. The van der Waals surface area contributed by atoms with E-state index in [1.54, 1.807) is 26.7 Å². The number of ether oxygens (including phenoxy) is 2. The summed E-state index contributed by atoms with van der Waals surface area (Å²) in [6.45, 7) is 5.55. The number of amides is 1. The van der Waals surface area contributed by atoms with Crippen molar-refractivity contribution in [1.82, 2.24) is 30.0 Å². The number of aromatic nitrogens is 5. The summed E-state index contributed by atoms with van der Waals surface area (Å²) in [4.78, 5) is 20.1. The Kier molecular flexibility index (Phi) is 7.12. The van der Waals surface area contributed by atoms with Crippen LogP contribution in [0.25, 0.3) is 33.6 Å². The van der Waals surface area contributed by atoms with Crippen LogP contribution in [0.4, 0.5) is 0 Å². The van der Waals surface area contributed by atoms with Crippen LogP contribution < -0.4 is 14.8 Å². The highest BCUT2D eigenvalue weighted by molar-refractivity contribution is 5.94. The average Bonchev–Trinajstić information content (AvgIpc) is 3.69. The van der Waals surface area contributed by atoms with E-state index in [4.69, 9.17) is 13.9 Å². The van der Waals surface area contributed by atoms with E-state index in [-0.39, 0.29) is 11.8 Å². The lowest BCUT2D eigenvalue weighted by Gasteiger charge is -2.12. The SMILES string of the molecule is COc1ccc(-c2[nH]c3ccc(-c4nnc(C(=O)NCCCn5ccnc5)o4)cc3c2C(C)C)cc1OC. The van der Waals surface area contributed by atoms with Crippen LogP contribution in [-0.4, -0.2) is 51.4 Å². The van der Waals surface area contributed by atoms with E-state index < -0.39 is 5.91 Å². The van der Waals surface area contributed by atoms with E-state index in [1.165, 1.54) is 0 Å². The van der Waals surface area contributed by atoms with Crippen LogP contribution in [-0.2, 0) is 6.54 Å². The molecule has 5 aromatic rings. The molecule has 3 aromatic heterocycles. The van der Waals surface area contributed by atoms with Gasteiger partial charge in [-0.1, -0.05) is 13.8 Å². The Morgan fingerprint density at radius 1 is 1.08 bits per heavy atom. The van der Waals surface area contributed by atoms with Crippen molar-refractivity contribution in [2.75, 3.05) is 20.8 Å². The zero-order valence-electron chi connectivity index (χ0n) is 21.8. The standard InChI is InChI=1S/C28H30N6O4/c1-17(2)24-20-14-19(6-8-21(20)31-25(24)18-7-9-22(36-3)23(15-18)37-4)27-32-33-28(38-27)26(35)30-10-5-12-34-13-11-29-16-34/h6-9,11,13-17,31H,5,10,12H2,1-4H3,(H,30,35). The lowest BCUT2D eigenvalue weighted by atomic mass is 9.95. The summed E-state index contributed by atoms with van der Waals surface area (Å²) in [7, 11) is 3.25. The molecule has 10 heteroatoms. The molecule has 0 saturated carbocycles. The lowest BCUT2D eigenvalue weighted by Crippen LogP contribution is -2.25. The Morgan fingerprint density at radius 3 is 2.63 bits per heavy atom. The third kappa shape index (κ3) is 4.97. The number of nitrogens with zero attached hydrogens (tertiary/aromatic N) is 4. The van der Waals surface area contributed by atoms with Gasteiger partial charge in [-0.15, -0.1) is 10.2 Å². The van der Waals surface area contributed by atoms with E-state index in [2.05, 4.69) is 39.3 Å². The normalized spacial score (nSPS) is 11.3. The van der Waals surface area contributed by atoms with Crippen LogP contribution in [0.3, 0.4) is 0 Å². The lowest BCUT2D eigenvalue weighted by molar-refractivity contribution is 0.0918. The highest BCUT2D eigenvalue weighted by Gasteiger charge is 2.20. The second kappa shape index (κ2) is 10.8. The fourth-order valence-corrected chi connectivity index (χ4v) is 4.55. The number of H-pyrrole nitrogens is 1. The monoisotopic (exact) mass is 514 g/mol. The number of methoxy groups -OCH3 is 2. The third-order valence-corrected chi connectivity index (χ3v) is 6.39. The van der Waals surface area contributed by atoms with Gasteiger partial charge in [0.25, 0.3) is 0 Å². The van der Waals surface area contributed by atoms with Gasteiger partial charge in [-0.25, -0.2) is 4.98 Å². The zero-order chi connectivity index (χ0) is 26.6. The highest BCUT2D eigenvalue weighted by Crippen LogP contribution is 2.40. The number of benzene rings is 2. The molecule has 0 bridgehead atoms. The molecule has 196 valence electrons. The molecule has 0 aliphatic rings. The Labute approximate surface area is 220 Å². The maximum Gasteiger partial charge on any atom is 0.308 e. The number of carbonyl (C=O) groups excluding carboxylic acids is 1. The first-order valence-electron chi connectivity index (χ1n) is 12.4. The van der Waals surface area contributed by atoms with E-state index in [9.17, 15) is 4.79 Å². The molecule has 0 atom stereocenters. The predicted octanol–water partition coefficient (Wildman–Crippen LogP) is 5.04. The molecule has 5 rings (SSSR count). The fourth-order valence-electron chi connectivity index (χ4n) is 4.55. The summed E-state index contributed by atoms with van der Waals surface area (Å²) in [5.74, 6) is 1.41. The molecule has 0 spiro atoms. The van der Waals surface area contributed by atoms with Crippen molar-refractivity contribution < 1.29 is 18.7 Å². The van der Waals surface area contributed by atoms with Crippen molar-refractivity contribution in [2.45, 2.75) is 32.7 Å². The van der Waals surface area contributed by atoms with Crippen molar-refractivity contribution in [3.8, 4) is 34.2 Å². The zero-order valence-corrected chi connectivity index (χ0v) is 21.8. The highest BCUT2D eigenvalue weighted by atomic mass is 16.5. The number of rotatable bonds is 10. The van der Waals surface area contributed by atoms with Gasteiger partial charge in [0.15, 0.2) is 11.5 Å². The Morgan fingerprint density at radius 2 is 1.89 bits per heavy atom. The number of aryl methyl sites for hydroxylation is 1. The van der Waals surface area contributed by atoms with Crippen molar-refractivity contribution in [1.29, 1.82) is 0 Å². The van der Waals surface area contributed by atoms with Gasteiger partial charge in [0.2, 0.25) is 5.89 Å². The number of hydrogen-bond donors (Lipinski definition) is 2. The van der Waals surface area contributed by atoms with E-state index >= 15 is 0 Å². The number of carbonyl (C=O) groups is 1. The second-order valence-corrected chi connectivity index (χ2v) is 9.22. The van der Waals surface area contributed by atoms with Crippen LogP contribution in [0.5, 0.6) is 11.5 Å². The van der Waals surface area contributed by atoms with Gasteiger partial charge in [0, 0.05) is 47.5 Å². The first kappa shape index (κ1) is 25.1. The number of nitrogens with one attached hydrogen (secondary N) is 2. The van der Waals surface area contributed by atoms with Crippen molar-refractivity contribution in [2.24, 2.45) is 0 Å². The summed E-state index contributed by atoms with van der Waals surface area (Å²) in [5.41, 5.74) is 4.88. The summed E-state index contributed by atoms with van der Waals surface area (Å²) in [5, 5.41) is 12.0. The van der Waals surface area contributed by atoms with Crippen molar-refractivity contribution in [3.05, 3.63) is 66.6 Å². The van der Waals surface area contributed by atoms with Gasteiger partial charge in [0.05, 0.1) is 26.2 Å². The van der Waals surface area contributed by atoms with Gasteiger partial charge < -0.3 is 28.8 Å². The predicted molar refractivity (Wildman–Crippen MR) is 143 cm³/mol. The van der Waals surface area contributed by atoms with Crippen LogP contribution in [0, 0.1) is 0 Å². The molecular formula is C28H30N6O4. The van der Waals surface area contributed by atoms with Gasteiger partial charge >= 0.3 is 11.8 Å². The molecule has 2 aromatic carbocycles. The largest absolute Gasteiger partial charge is 0.493 e. The fraction of sp³-hybridized carbons (Fsp3) is 0.286. The topological polar surface area (TPSA) is 120 Å². The van der Waals surface area contributed by atoms with Gasteiger partial charge in [-0.3, -0.25) is 4.79 Å². The molecular weight excluding hydrogens is 484 g/mol.